The van der Waals surface area contributed by atoms with Crippen LogP contribution in [0.1, 0.15) is 42.5 Å². The Morgan fingerprint density at radius 3 is 2.83 bits per heavy atom. The number of ether oxygens (including phenoxy) is 1. The molecule has 0 bridgehead atoms. The summed E-state index contributed by atoms with van der Waals surface area (Å²) in [5, 5.41) is 16.7. The van der Waals surface area contributed by atoms with Crippen LogP contribution in [0, 0.1) is 18.3 Å². The molecule has 1 N–H and O–H groups in total. The zero-order chi connectivity index (χ0) is 24.2. The van der Waals surface area contributed by atoms with Gasteiger partial charge in [-0.15, -0.1) is 12.4 Å². The van der Waals surface area contributed by atoms with Crippen LogP contribution in [0.2, 0.25) is 0 Å². The molecule has 9 heteroatoms. The molecule has 3 aromatic rings. The number of amides is 1. The summed E-state index contributed by atoms with van der Waals surface area (Å²) in [6.07, 6.45) is 1.28. The minimum Gasteiger partial charge on any atom is -0.490 e. The molecule has 2 aromatic carbocycles. The Labute approximate surface area is 211 Å². The zero-order valence-corrected chi connectivity index (χ0v) is 21.2. The molecular formula is C26H30ClN5O3. The van der Waals surface area contributed by atoms with Crippen LogP contribution in [-0.2, 0) is 17.8 Å². The molecule has 0 atom stereocenters. The fraction of sp³-hybridized carbons (Fsp3) is 0.385. The third kappa shape index (κ3) is 5.64. The van der Waals surface area contributed by atoms with Gasteiger partial charge in [-0.25, -0.2) is 0 Å². The van der Waals surface area contributed by atoms with Crippen LogP contribution in [0.15, 0.2) is 34.9 Å². The monoisotopic (exact) mass is 495 g/mol. The van der Waals surface area contributed by atoms with E-state index in [2.05, 4.69) is 34.5 Å². The van der Waals surface area contributed by atoms with Crippen molar-refractivity contribution in [2.75, 3.05) is 20.1 Å². The molecule has 1 aliphatic rings. The molecule has 0 radical (unpaired) electrons. The van der Waals surface area contributed by atoms with Gasteiger partial charge in [0, 0.05) is 37.2 Å². The summed E-state index contributed by atoms with van der Waals surface area (Å²) in [5.74, 6) is 1.56. The number of nitriles is 1. The van der Waals surface area contributed by atoms with Gasteiger partial charge in [0.2, 0.25) is 11.7 Å². The molecule has 1 amide bonds. The SMILES string of the molecule is CNCCC(=O)N1CCc2c(ccc(-c3noc(-c4ccc(OC(C)C)c(C#N)c4)n3)c2C)C1.Cl. The van der Waals surface area contributed by atoms with Crippen molar-refractivity contribution in [3.63, 3.8) is 0 Å². The van der Waals surface area contributed by atoms with E-state index in [-0.39, 0.29) is 24.4 Å². The quantitative estimate of drug-likeness (QED) is 0.521. The highest BCUT2D eigenvalue weighted by Gasteiger charge is 2.24. The maximum atomic E-state index is 12.4. The van der Waals surface area contributed by atoms with Gasteiger partial charge >= 0.3 is 0 Å². The van der Waals surface area contributed by atoms with Gasteiger partial charge in [0.05, 0.1) is 11.7 Å². The summed E-state index contributed by atoms with van der Waals surface area (Å²) in [7, 11) is 1.85. The molecule has 2 heterocycles. The van der Waals surface area contributed by atoms with E-state index in [1.54, 1.807) is 12.1 Å². The van der Waals surface area contributed by atoms with Gasteiger partial charge in [-0.3, -0.25) is 4.79 Å². The Morgan fingerprint density at radius 2 is 2.11 bits per heavy atom. The van der Waals surface area contributed by atoms with Crippen molar-refractivity contribution in [3.8, 4) is 34.7 Å². The van der Waals surface area contributed by atoms with E-state index in [9.17, 15) is 10.1 Å². The Balaban J connectivity index is 0.00000342. The van der Waals surface area contributed by atoms with E-state index >= 15 is 0 Å². The predicted octanol–water partition coefficient (Wildman–Crippen LogP) is 4.29. The molecule has 0 fully saturated rings. The number of carbonyl (C=O) groups excluding carboxylic acids is 1. The molecule has 0 aliphatic carbocycles. The Kier molecular flexibility index (Phi) is 8.49. The van der Waals surface area contributed by atoms with Crippen molar-refractivity contribution in [3.05, 3.63) is 52.6 Å². The Bertz CT molecular complexity index is 1250. The summed E-state index contributed by atoms with van der Waals surface area (Å²) in [6, 6.07) is 11.5. The molecule has 0 saturated heterocycles. The first kappa shape index (κ1) is 26.2. The number of nitrogens with zero attached hydrogens (tertiary/aromatic N) is 4. The van der Waals surface area contributed by atoms with E-state index in [0.717, 1.165) is 23.1 Å². The lowest BCUT2D eigenvalue weighted by Crippen LogP contribution is -2.37. The molecule has 1 aliphatic heterocycles. The van der Waals surface area contributed by atoms with Crippen LogP contribution in [0.25, 0.3) is 22.8 Å². The first-order valence-corrected chi connectivity index (χ1v) is 11.5. The number of hydrogen-bond acceptors (Lipinski definition) is 7. The molecule has 0 spiro atoms. The minimum absolute atomic E-state index is 0. The van der Waals surface area contributed by atoms with Gasteiger partial charge in [-0.05, 0) is 69.1 Å². The standard InChI is InChI=1S/C26H29N5O3.ClH/c1-16(2)33-23-8-6-18(13-20(23)14-27)26-29-25(30-34-26)22-7-5-19-15-31(24(32)9-11-28-4)12-10-21(19)17(22)3;/h5-8,13,16,28H,9-12,15H2,1-4H3;1H. The minimum atomic E-state index is -0.0292. The van der Waals surface area contributed by atoms with Gasteiger partial charge < -0.3 is 19.5 Å². The van der Waals surface area contributed by atoms with E-state index in [0.29, 0.717) is 54.6 Å². The van der Waals surface area contributed by atoms with E-state index < -0.39 is 0 Å². The predicted molar refractivity (Wildman–Crippen MR) is 135 cm³/mol. The number of fused-ring (bicyclic) bond motifs is 1. The number of carbonyl (C=O) groups is 1. The second kappa shape index (κ2) is 11.3. The van der Waals surface area contributed by atoms with Gasteiger partial charge in [-0.2, -0.15) is 10.2 Å². The first-order chi connectivity index (χ1) is 16.4. The average Bonchev–Trinajstić information content (AvgIpc) is 3.32. The first-order valence-electron chi connectivity index (χ1n) is 11.5. The molecule has 1 aromatic heterocycles. The van der Waals surface area contributed by atoms with E-state index in [1.807, 2.05) is 37.9 Å². The summed E-state index contributed by atoms with van der Waals surface area (Å²) >= 11 is 0. The normalized spacial score (nSPS) is 12.6. The maximum Gasteiger partial charge on any atom is 0.258 e. The largest absolute Gasteiger partial charge is 0.490 e. The van der Waals surface area contributed by atoms with Gasteiger partial charge in [0.15, 0.2) is 0 Å². The highest BCUT2D eigenvalue weighted by molar-refractivity contribution is 5.85. The van der Waals surface area contributed by atoms with Crippen molar-refractivity contribution < 1.29 is 14.1 Å². The summed E-state index contributed by atoms with van der Waals surface area (Å²) < 4.78 is 11.2. The number of aromatic nitrogens is 2. The van der Waals surface area contributed by atoms with Gasteiger partial charge in [0.25, 0.3) is 5.89 Å². The van der Waals surface area contributed by atoms with E-state index in [1.165, 1.54) is 5.56 Å². The lowest BCUT2D eigenvalue weighted by molar-refractivity contribution is -0.132. The fourth-order valence-corrected chi connectivity index (χ4v) is 4.24. The highest BCUT2D eigenvalue weighted by Crippen LogP contribution is 2.32. The van der Waals surface area contributed by atoms with Crippen molar-refractivity contribution in [1.29, 1.82) is 5.26 Å². The molecule has 35 heavy (non-hydrogen) atoms. The lowest BCUT2D eigenvalue weighted by atomic mass is 9.91. The van der Waals surface area contributed by atoms with Crippen LogP contribution < -0.4 is 10.1 Å². The number of halogens is 1. The topological polar surface area (TPSA) is 104 Å². The van der Waals surface area contributed by atoms with Gasteiger partial charge in [-0.1, -0.05) is 17.3 Å². The summed E-state index contributed by atoms with van der Waals surface area (Å²) in [4.78, 5) is 18.9. The number of rotatable bonds is 7. The number of hydrogen-bond donors (Lipinski definition) is 1. The molecule has 0 saturated carbocycles. The lowest BCUT2D eigenvalue weighted by Gasteiger charge is -2.30. The van der Waals surface area contributed by atoms with E-state index in [4.69, 9.17) is 9.26 Å². The summed E-state index contributed by atoms with van der Waals surface area (Å²) in [5.41, 5.74) is 5.49. The molecule has 8 nitrogen and oxygen atoms in total. The molecular weight excluding hydrogens is 466 g/mol. The van der Waals surface area contributed by atoms with Crippen molar-refractivity contribution in [2.24, 2.45) is 0 Å². The summed E-state index contributed by atoms with van der Waals surface area (Å²) in [6.45, 7) is 7.91. The van der Waals surface area contributed by atoms with Crippen LogP contribution in [0.4, 0.5) is 0 Å². The molecule has 184 valence electrons. The average molecular weight is 496 g/mol. The molecule has 0 unspecified atom stereocenters. The second-order valence-electron chi connectivity index (χ2n) is 8.71. The van der Waals surface area contributed by atoms with Crippen LogP contribution in [0.5, 0.6) is 5.75 Å². The van der Waals surface area contributed by atoms with Crippen molar-refractivity contribution in [1.82, 2.24) is 20.4 Å². The third-order valence-corrected chi connectivity index (χ3v) is 6.01. The second-order valence-corrected chi connectivity index (χ2v) is 8.71. The van der Waals surface area contributed by atoms with Crippen molar-refractivity contribution >= 4 is 18.3 Å². The Morgan fingerprint density at radius 1 is 1.31 bits per heavy atom. The van der Waals surface area contributed by atoms with Crippen molar-refractivity contribution in [2.45, 2.75) is 46.3 Å². The highest BCUT2D eigenvalue weighted by atomic mass is 35.5. The smallest absolute Gasteiger partial charge is 0.258 e. The zero-order valence-electron chi connectivity index (χ0n) is 20.4. The third-order valence-electron chi connectivity index (χ3n) is 6.01. The van der Waals surface area contributed by atoms with Crippen LogP contribution >= 0.6 is 12.4 Å². The van der Waals surface area contributed by atoms with Crippen LogP contribution in [0.3, 0.4) is 0 Å². The molecule has 4 rings (SSSR count). The van der Waals surface area contributed by atoms with Gasteiger partial charge in [0.1, 0.15) is 11.8 Å². The Hall–Kier alpha value is -3.41. The maximum absolute atomic E-state index is 12.4. The van der Waals surface area contributed by atoms with Crippen LogP contribution in [-0.4, -0.2) is 47.2 Å². The number of benzene rings is 2. The fourth-order valence-electron chi connectivity index (χ4n) is 4.24. The number of nitrogens with one attached hydrogen (secondary N) is 1.